The number of fused-ring (bicyclic) bond motifs is 1. The highest BCUT2D eigenvalue weighted by atomic mass is 32.2. The van der Waals surface area contributed by atoms with Crippen LogP contribution < -0.4 is 10.6 Å². The van der Waals surface area contributed by atoms with Gasteiger partial charge in [-0.2, -0.15) is 0 Å². The fourth-order valence-electron chi connectivity index (χ4n) is 3.51. The Bertz CT molecular complexity index is 1050. The van der Waals surface area contributed by atoms with Gasteiger partial charge in [-0.25, -0.2) is 0 Å². The molecule has 3 aromatic rings. The summed E-state index contributed by atoms with van der Waals surface area (Å²) in [6.07, 6.45) is 0.980. The van der Waals surface area contributed by atoms with Gasteiger partial charge in [-0.1, -0.05) is 54.6 Å². The van der Waals surface area contributed by atoms with Crippen LogP contribution in [0.15, 0.2) is 83.8 Å². The van der Waals surface area contributed by atoms with Crippen molar-refractivity contribution < 1.29 is 14.7 Å². The van der Waals surface area contributed by atoms with E-state index < -0.39 is 11.4 Å². The molecular formula is C25H24N2O3S. The van der Waals surface area contributed by atoms with Crippen molar-refractivity contribution in [1.82, 2.24) is 0 Å². The van der Waals surface area contributed by atoms with E-state index in [4.69, 9.17) is 0 Å². The van der Waals surface area contributed by atoms with Crippen molar-refractivity contribution in [3.05, 3.63) is 90.0 Å². The third-order valence-electron chi connectivity index (χ3n) is 5.21. The van der Waals surface area contributed by atoms with E-state index in [1.54, 1.807) is 0 Å². The smallest absolute Gasteiger partial charge is 0.238 e. The van der Waals surface area contributed by atoms with Crippen LogP contribution in [0.25, 0.3) is 0 Å². The van der Waals surface area contributed by atoms with E-state index >= 15 is 0 Å². The second-order valence-corrected chi connectivity index (χ2v) is 8.75. The van der Waals surface area contributed by atoms with E-state index in [1.807, 2.05) is 78.9 Å². The summed E-state index contributed by atoms with van der Waals surface area (Å²) in [5.74, 6) is -0.342. The van der Waals surface area contributed by atoms with Gasteiger partial charge in [-0.05, 0) is 48.2 Å². The first-order chi connectivity index (χ1) is 15.1. The first-order valence-corrected chi connectivity index (χ1v) is 11.1. The van der Waals surface area contributed by atoms with Crippen molar-refractivity contribution in [1.29, 1.82) is 0 Å². The lowest BCUT2D eigenvalue weighted by Gasteiger charge is -2.23. The van der Waals surface area contributed by atoms with E-state index in [0.29, 0.717) is 12.1 Å². The van der Waals surface area contributed by atoms with Crippen LogP contribution in [0.1, 0.15) is 30.1 Å². The van der Waals surface area contributed by atoms with Gasteiger partial charge in [-0.15, -0.1) is 11.8 Å². The van der Waals surface area contributed by atoms with Crippen molar-refractivity contribution in [2.45, 2.75) is 35.5 Å². The van der Waals surface area contributed by atoms with Gasteiger partial charge in [0, 0.05) is 17.0 Å². The molecule has 3 N–H and O–H groups in total. The average molecular weight is 433 g/mol. The van der Waals surface area contributed by atoms with Crippen LogP contribution in [0.4, 0.5) is 11.4 Å². The molecular weight excluding hydrogens is 408 g/mol. The summed E-state index contributed by atoms with van der Waals surface area (Å²) in [6.45, 7) is 0. The maximum atomic E-state index is 12.5. The SMILES string of the molecule is O=C(C[C@@H]1Sc2ccccc2NC1=O)Nc1ccc(CC[C@H](O)c2ccccc2)cc1. The molecule has 3 aromatic carbocycles. The zero-order valence-electron chi connectivity index (χ0n) is 17.0. The molecule has 1 heterocycles. The zero-order valence-corrected chi connectivity index (χ0v) is 17.8. The Morgan fingerprint density at radius 2 is 1.71 bits per heavy atom. The molecule has 0 radical (unpaired) electrons. The molecule has 1 aliphatic heterocycles. The summed E-state index contributed by atoms with van der Waals surface area (Å²) in [5, 5.41) is 15.6. The summed E-state index contributed by atoms with van der Waals surface area (Å²) in [4.78, 5) is 25.7. The minimum atomic E-state index is -0.496. The fourth-order valence-corrected chi connectivity index (χ4v) is 4.62. The molecule has 0 aromatic heterocycles. The van der Waals surface area contributed by atoms with Gasteiger partial charge < -0.3 is 15.7 Å². The molecule has 5 nitrogen and oxygen atoms in total. The highest BCUT2D eigenvalue weighted by Gasteiger charge is 2.28. The highest BCUT2D eigenvalue weighted by Crippen LogP contribution is 2.36. The number of thioether (sulfide) groups is 1. The lowest BCUT2D eigenvalue weighted by atomic mass is 10.0. The molecule has 0 spiro atoms. The largest absolute Gasteiger partial charge is 0.388 e. The van der Waals surface area contributed by atoms with Crippen LogP contribution in [0.2, 0.25) is 0 Å². The van der Waals surface area contributed by atoms with Crippen molar-refractivity contribution in [2.24, 2.45) is 0 Å². The van der Waals surface area contributed by atoms with Gasteiger partial charge in [0.15, 0.2) is 0 Å². The van der Waals surface area contributed by atoms with Crippen LogP contribution in [-0.4, -0.2) is 22.2 Å². The molecule has 2 atom stereocenters. The predicted molar refractivity (Wildman–Crippen MR) is 124 cm³/mol. The van der Waals surface area contributed by atoms with Gasteiger partial charge in [0.2, 0.25) is 11.8 Å². The van der Waals surface area contributed by atoms with E-state index in [2.05, 4.69) is 10.6 Å². The van der Waals surface area contributed by atoms with Crippen LogP contribution in [0.5, 0.6) is 0 Å². The van der Waals surface area contributed by atoms with Gasteiger partial charge in [0.25, 0.3) is 0 Å². The minimum absolute atomic E-state index is 0.107. The number of benzene rings is 3. The Morgan fingerprint density at radius 1 is 1.00 bits per heavy atom. The topological polar surface area (TPSA) is 78.4 Å². The molecule has 1 aliphatic rings. The number of aryl methyl sites for hydroxylation is 1. The first kappa shape index (κ1) is 21.2. The zero-order chi connectivity index (χ0) is 21.6. The van der Waals surface area contributed by atoms with Crippen molar-refractivity contribution in [3.8, 4) is 0 Å². The minimum Gasteiger partial charge on any atom is -0.388 e. The van der Waals surface area contributed by atoms with Crippen molar-refractivity contribution >= 4 is 35.0 Å². The molecule has 158 valence electrons. The van der Waals surface area contributed by atoms with Gasteiger partial charge in [-0.3, -0.25) is 9.59 Å². The highest BCUT2D eigenvalue weighted by molar-refractivity contribution is 8.01. The second kappa shape index (κ2) is 9.81. The normalized spacial score (nSPS) is 16.2. The number of carbonyl (C=O) groups excluding carboxylic acids is 2. The molecule has 0 unspecified atom stereocenters. The number of rotatable bonds is 7. The quantitative estimate of drug-likeness (QED) is 0.501. The predicted octanol–water partition coefficient (Wildman–Crippen LogP) is 4.79. The molecule has 0 bridgehead atoms. The molecule has 0 saturated carbocycles. The van der Waals surface area contributed by atoms with Gasteiger partial charge in [0.05, 0.1) is 17.0 Å². The van der Waals surface area contributed by atoms with E-state index in [0.717, 1.165) is 28.1 Å². The average Bonchev–Trinajstić information content (AvgIpc) is 2.79. The lowest BCUT2D eigenvalue weighted by Crippen LogP contribution is -2.32. The maximum absolute atomic E-state index is 12.5. The third-order valence-corrected chi connectivity index (χ3v) is 6.48. The molecule has 4 rings (SSSR count). The standard InChI is InChI=1S/C25H24N2O3S/c28-21(18-6-2-1-3-7-18)15-12-17-10-13-19(14-11-17)26-24(29)16-23-25(30)27-20-8-4-5-9-22(20)31-23/h1-11,13-14,21,23,28H,12,15-16H2,(H,26,29)(H,27,30)/t21-,23-/m0/s1. The number of para-hydroxylation sites is 1. The lowest BCUT2D eigenvalue weighted by molar-refractivity contribution is -0.120. The fraction of sp³-hybridized carbons (Fsp3) is 0.200. The monoisotopic (exact) mass is 432 g/mol. The number of anilines is 2. The van der Waals surface area contributed by atoms with Crippen molar-refractivity contribution in [3.63, 3.8) is 0 Å². The van der Waals surface area contributed by atoms with Crippen LogP contribution in [0, 0.1) is 0 Å². The number of aliphatic hydroxyl groups is 1. The maximum Gasteiger partial charge on any atom is 0.238 e. The number of carbonyl (C=O) groups is 2. The van der Waals surface area contributed by atoms with E-state index in [1.165, 1.54) is 11.8 Å². The summed E-state index contributed by atoms with van der Waals surface area (Å²) < 4.78 is 0. The molecule has 0 aliphatic carbocycles. The Morgan fingerprint density at radius 3 is 2.48 bits per heavy atom. The number of nitrogens with one attached hydrogen (secondary N) is 2. The molecule has 0 fully saturated rings. The first-order valence-electron chi connectivity index (χ1n) is 10.3. The molecule has 31 heavy (non-hydrogen) atoms. The number of hydrogen-bond donors (Lipinski definition) is 3. The van der Waals surface area contributed by atoms with Gasteiger partial charge >= 0.3 is 0 Å². The van der Waals surface area contributed by atoms with Crippen LogP contribution >= 0.6 is 11.8 Å². The Kier molecular flexibility index (Phi) is 6.70. The molecule has 0 saturated heterocycles. The third kappa shape index (κ3) is 5.54. The number of hydrogen-bond acceptors (Lipinski definition) is 4. The van der Waals surface area contributed by atoms with Gasteiger partial charge in [0.1, 0.15) is 0 Å². The summed E-state index contributed by atoms with van der Waals surface area (Å²) in [7, 11) is 0. The molecule has 6 heteroatoms. The van der Waals surface area contributed by atoms with E-state index in [-0.39, 0.29) is 18.2 Å². The van der Waals surface area contributed by atoms with Crippen LogP contribution in [0.3, 0.4) is 0 Å². The number of aliphatic hydroxyl groups excluding tert-OH is 1. The van der Waals surface area contributed by atoms with E-state index in [9.17, 15) is 14.7 Å². The Labute approximate surface area is 185 Å². The Balaban J connectivity index is 1.28. The van der Waals surface area contributed by atoms with Crippen LogP contribution in [-0.2, 0) is 16.0 Å². The summed E-state index contributed by atoms with van der Waals surface area (Å²) in [6, 6.07) is 24.8. The Hall–Kier alpha value is -3.09. The second-order valence-electron chi connectivity index (χ2n) is 7.51. The summed E-state index contributed by atoms with van der Waals surface area (Å²) >= 11 is 1.42. The summed E-state index contributed by atoms with van der Waals surface area (Å²) in [5.41, 5.74) is 3.49. The molecule has 2 amide bonds. The number of amides is 2. The van der Waals surface area contributed by atoms with Crippen molar-refractivity contribution in [2.75, 3.05) is 10.6 Å².